The van der Waals surface area contributed by atoms with Crippen molar-refractivity contribution in [1.82, 2.24) is 14.5 Å². The van der Waals surface area contributed by atoms with E-state index < -0.39 is 105 Å². The maximum Gasteiger partial charge on any atom is 0.341 e. The number of halogens is 1. The molecule has 3 aromatic carbocycles. The standard InChI is InChI=1S/C59H69FN6O17/c1-29-9-8-10-30(2)56(75)62-46-39(51(72)43-44(52(46)73)49(70)31(3)53-45(43)55(74)59(5,83-53)81-22-15-36(79-6)25-37(82-32(4)67)23-35(68)24-42(29)69)27-61-65-16-13-33(14-17-65)57(76)64-20-18-63(19-21-64)48-41(60)26-38-47(54(48)80-7)66(34-11-12-34)28-40(50(38)71)58(77)78/h8-10,15,22,26-29,33-37,42,68-70,72-73H,11-14,16-21,23-25H2,1-7H3,(H,62,75)(H,77,78)/b9-8+,22-15+,30-10-,61-27+/t29-,35-,36-,37-,42+,59-/m0/s1. The van der Waals surface area contributed by atoms with E-state index in [9.17, 15) is 59.4 Å². The molecule has 6 aliphatic rings. The number of aliphatic hydroxyl groups is 2. The van der Waals surface area contributed by atoms with Gasteiger partial charge in [-0.3, -0.25) is 29.0 Å². The average Bonchev–Trinajstić information content (AvgIpc) is 1.96. The highest BCUT2D eigenvalue weighted by atomic mass is 19.1. The largest absolute Gasteiger partial charge is 0.507 e. The van der Waals surface area contributed by atoms with Gasteiger partial charge in [-0.15, -0.1) is 0 Å². The summed E-state index contributed by atoms with van der Waals surface area (Å²) in [7, 11) is 2.76. The molecule has 2 saturated heterocycles. The number of rotatable bonds is 9. The maximum atomic E-state index is 16.1. The Balaban J connectivity index is 0.975. The van der Waals surface area contributed by atoms with E-state index in [2.05, 4.69) is 10.4 Å². The third-order valence-electron chi connectivity index (χ3n) is 16.2. The zero-order valence-corrected chi connectivity index (χ0v) is 47.1. The number of allylic oxidation sites excluding steroid dienone is 2. The first-order valence-electron chi connectivity index (χ1n) is 27.6. The zero-order valence-electron chi connectivity index (χ0n) is 47.1. The molecule has 0 radical (unpaired) electrons. The summed E-state index contributed by atoms with van der Waals surface area (Å²) in [4.78, 5) is 83.5. The van der Waals surface area contributed by atoms with Crippen molar-refractivity contribution in [1.29, 1.82) is 0 Å². The van der Waals surface area contributed by atoms with Crippen LogP contribution in [0.2, 0.25) is 0 Å². The number of anilines is 2. The van der Waals surface area contributed by atoms with Crippen LogP contribution in [0, 0.1) is 24.6 Å². The predicted octanol–water partition coefficient (Wildman–Crippen LogP) is 5.91. The number of nitrogens with zero attached hydrogens (tertiary/aromatic N) is 5. The number of aliphatic hydroxyl groups excluding tert-OH is 2. The Hall–Kier alpha value is -8.22. The number of carboxylic acid groups (broad SMARTS) is 1. The van der Waals surface area contributed by atoms with Gasteiger partial charge in [-0.2, -0.15) is 5.10 Å². The molecule has 23 nitrogen and oxygen atoms in total. The van der Waals surface area contributed by atoms with E-state index in [0.29, 0.717) is 18.4 Å². The van der Waals surface area contributed by atoms with Gasteiger partial charge >= 0.3 is 17.7 Å². The quantitative estimate of drug-likeness (QED) is 0.0444. The summed E-state index contributed by atoms with van der Waals surface area (Å²) >= 11 is 0. The maximum absolute atomic E-state index is 16.1. The van der Waals surface area contributed by atoms with Crippen LogP contribution in [-0.2, 0) is 28.6 Å². The summed E-state index contributed by atoms with van der Waals surface area (Å²) in [5, 5.41) is 76.2. The van der Waals surface area contributed by atoms with Crippen molar-refractivity contribution < 1.29 is 82.7 Å². The van der Waals surface area contributed by atoms with Crippen molar-refractivity contribution in [3.63, 3.8) is 0 Å². The van der Waals surface area contributed by atoms with Crippen molar-refractivity contribution in [2.24, 2.45) is 16.9 Å². The first kappa shape index (κ1) is 59.4. The number of ether oxygens (including phenoxy) is 5. The smallest absolute Gasteiger partial charge is 0.341 e. The van der Waals surface area contributed by atoms with E-state index in [4.69, 9.17) is 23.7 Å². The SMILES string of the molecule is COc1c(N2CCN(C(=O)C3CCN(/N=C/c4c5c(O)c6c(O)c(C)c7c(c6c4O)C(=O)[C@@](C)(O/C=C/[C@H](OC)C[C@@H](OC(C)=O)C[C@H](O)C[C@@H](O)[C@@H](C)/C=C/C=C(/C)C(=O)N5)O7)CC3)CC2)c(F)cc2c(=O)c(C(=O)O)cn(C3CC3)c12. The van der Waals surface area contributed by atoms with E-state index in [-0.39, 0.29) is 126 Å². The lowest BCUT2D eigenvalue weighted by molar-refractivity contribution is -0.149. The Morgan fingerprint density at radius 1 is 0.916 bits per heavy atom. The summed E-state index contributed by atoms with van der Waals surface area (Å²) in [6.45, 7) is 8.58. The monoisotopic (exact) mass is 1150 g/mol. The normalized spacial score (nSPS) is 25.5. The van der Waals surface area contributed by atoms with Gasteiger partial charge in [0.25, 0.3) is 11.7 Å². The number of carboxylic acids is 1. The van der Waals surface area contributed by atoms with Gasteiger partial charge in [0.05, 0.1) is 71.0 Å². The molecule has 7 N–H and O–H groups in total. The molecule has 0 unspecified atom stereocenters. The Kier molecular flexibility index (Phi) is 17.1. The van der Waals surface area contributed by atoms with Gasteiger partial charge in [-0.25, -0.2) is 9.18 Å². The third-order valence-corrected chi connectivity index (χ3v) is 16.2. The summed E-state index contributed by atoms with van der Waals surface area (Å²) in [5.41, 5.74) is -1.66. The highest BCUT2D eigenvalue weighted by Gasteiger charge is 2.50. The second-order valence-electron chi connectivity index (χ2n) is 22.0. The number of Topliss-reactive ketones (excluding diaryl/α,β-unsaturated/α-hetero) is 1. The highest BCUT2D eigenvalue weighted by molar-refractivity contribution is 6.24. The molecule has 10 rings (SSSR count). The van der Waals surface area contributed by atoms with Crippen LogP contribution >= 0.6 is 0 Å². The number of carbonyl (C=O) groups is 5. The van der Waals surface area contributed by atoms with Gasteiger partial charge in [-0.1, -0.05) is 25.2 Å². The molecule has 1 aromatic heterocycles. The molecule has 2 amide bonds. The van der Waals surface area contributed by atoms with Gasteiger partial charge in [0, 0.05) is 114 Å². The number of hydrogen-bond donors (Lipinski definition) is 7. The fourth-order valence-electron chi connectivity index (χ4n) is 11.3. The molecule has 6 heterocycles. The van der Waals surface area contributed by atoms with E-state index in [1.54, 1.807) is 32.4 Å². The minimum atomic E-state index is -2.12. The molecule has 1 aliphatic carbocycles. The van der Waals surface area contributed by atoms with Crippen molar-refractivity contribution in [2.45, 2.75) is 116 Å². The number of hydrogen-bond acceptors (Lipinski definition) is 19. The van der Waals surface area contributed by atoms with Crippen molar-refractivity contribution in [3.05, 3.63) is 86.7 Å². The molecule has 24 heteroatoms. The number of carbonyl (C=O) groups excluding carboxylic acids is 4. The van der Waals surface area contributed by atoms with Crippen LogP contribution in [0.5, 0.6) is 28.7 Å². The topological polar surface area (TPSA) is 309 Å². The molecule has 83 heavy (non-hydrogen) atoms. The third kappa shape index (κ3) is 11.8. The van der Waals surface area contributed by atoms with Crippen LogP contribution in [0.15, 0.2) is 58.3 Å². The number of aromatic hydroxyl groups is 3. The van der Waals surface area contributed by atoms with Crippen molar-refractivity contribution in [3.8, 4) is 28.7 Å². The number of hydrazone groups is 1. The van der Waals surface area contributed by atoms with Crippen LogP contribution in [0.1, 0.15) is 111 Å². The predicted molar refractivity (Wildman–Crippen MR) is 301 cm³/mol. The number of fused-ring (bicyclic) bond motifs is 15. The summed E-state index contributed by atoms with van der Waals surface area (Å²) in [6.07, 6.45) is 7.92. The average molecular weight is 1150 g/mol. The van der Waals surface area contributed by atoms with Gasteiger partial charge in [-0.05, 0) is 58.1 Å². The van der Waals surface area contributed by atoms with E-state index in [0.717, 1.165) is 25.2 Å². The first-order chi connectivity index (χ1) is 39.5. The molecule has 444 valence electrons. The minimum absolute atomic E-state index is 0.00949. The first-order valence-corrected chi connectivity index (χ1v) is 27.6. The molecular weight excluding hydrogens is 1080 g/mol. The molecule has 0 spiro atoms. The number of piperidine rings is 1. The Bertz CT molecular complexity index is 3470. The second kappa shape index (κ2) is 23.9. The van der Waals surface area contributed by atoms with Crippen LogP contribution in [-0.4, -0.2) is 165 Å². The van der Waals surface area contributed by atoms with Crippen molar-refractivity contribution in [2.75, 3.05) is 63.7 Å². The Labute approximate surface area is 476 Å². The fraction of sp³-hybridized carbons (Fsp3) is 0.475. The number of phenols is 3. The zero-order chi connectivity index (χ0) is 59.9. The fourth-order valence-corrected chi connectivity index (χ4v) is 11.3. The number of amides is 2. The number of phenolic OH excluding ortho intramolecular Hbond substituents is 3. The highest BCUT2D eigenvalue weighted by Crippen LogP contribution is 2.55. The summed E-state index contributed by atoms with van der Waals surface area (Å²) in [5.74, 6) is -9.61. The minimum Gasteiger partial charge on any atom is -0.507 e. The number of ketones is 1. The van der Waals surface area contributed by atoms with Crippen LogP contribution in [0.25, 0.3) is 21.7 Å². The van der Waals surface area contributed by atoms with Gasteiger partial charge in [0.2, 0.25) is 11.3 Å². The Morgan fingerprint density at radius 2 is 1.61 bits per heavy atom. The molecule has 6 atom stereocenters. The number of pyridine rings is 1. The van der Waals surface area contributed by atoms with E-state index in [1.165, 1.54) is 72.6 Å². The lowest BCUT2D eigenvalue weighted by Gasteiger charge is -2.39. The van der Waals surface area contributed by atoms with E-state index >= 15 is 4.39 Å². The van der Waals surface area contributed by atoms with Crippen LogP contribution < -0.4 is 25.1 Å². The van der Waals surface area contributed by atoms with Crippen LogP contribution in [0.3, 0.4) is 0 Å². The Morgan fingerprint density at radius 3 is 2.25 bits per heavy atom. The second-order valence-corrected chi connectivity index (χ2v) is 22.0. The molecule has 5 aliphatic heterocycles. The van der Waals surface area contributed by atoms with Crippen LogP contribution in [0.4, 0.5) is 15.8 Å². The molecular formula is C59H69FN6O17. The summed E-state index contributed by atoms with van der Waals surface area (Å²) in [6, 6.07) is 0.983. The van der Waals surface area contributed by atoms with Crippen molar-refractivity contribution >= 4 is 68.8 Å². The van der Waals surface area contributed by atoms with Gasteiger partial charge < -0.3 is 74.0 Å². The summed E-state index contributed by atoms with van der Waals surface area (Å²) < 4.78 is 46.8. The lowest BCUT2D eigenvalue weighted by atomic mass is 9.91. The number of benzene rings is 3. The number of nitrogens with one attached hydrogen (secondary N) is 1. The van der Waals surface area contributed by atoms with Gasteiger partial charge in [0.15, 0.2) is 17.3 Å². The number of piperazine rings is 1. The molecule has 1 saturated carbocycles. The number of aromatic carboxylic acids is 1. The number of aromatic nitrogens is 1. The molecule has 3 fully saturated rings. The lowest BCUT2D eigenvalue weighted by Crippen LogP contribution is -2.51. The van der Waals surface area contributed by atoms with E-state index in [1.807, 2.05) is 0 Å². The molecule has 4 aromatic rings. The number of methoxy groups -OCH3 is 2. The number of esters is 1. The molecule has 5 bridgehead atoms. The van der Waals surface area contributed by atoms with Gasteiger partial charge in [0.1, 0.15) is 34.6 Å².